The van der Waals surface area contributed by atoms with Crippen LogP contribution in [0.2, 0.25) is 0 Å². The highest BCUT2D eigenvalue weighted by Crippen LogP contribution is 2.31. The van der Waals surface area contributed by atoms with Crippen molar-refractivity contribution in [3.8, 4) is 0 Å². The molecule has 1 atom stereocenters. The van der Waals surface area contributed by atoms with Gasteiger partial charge < -0.3 is 5.32 Å². The van der Waals surface area contributed by atoms with Gasteiger partial charge in [-0.3, -0.25) is 15.1 Å². The Kier molecular flexibility index (Phi) is 4.19. The van der Waals surface area contributed by atoms with E-state index in [9.17, 15) is 10.1 Å². The van der Waals surface area contributed by atoms with Gasteiger partial charge in [-0.1, -0.05) is 37.3 Å². The van der Waals surface area contributed by atoms with Crippen molar-refractivity contribution in [1.29, 1.82) is 0 Å². The quantitative estimate of drug-likeness (QED) is 0.562. The van der Waals surface area contributed by atoms with Gasteiger partial charge in [-0.15, -0.1) is 0 Å². The number of pyridine rings is 1. The number of nitro groups is 1. The van der Waals surface area contributed by atoms with Gasteiger partial charge in [-0.05, 0) is 23.6 Å². The summed E-state index contributed by atoms with van der Waals surface area (Å²) in [6, 6.07) is 15.3. The van der Waals surface area contributed by atoms with Crippen LogP contribution >= 0.6 is 0 Å². The number of non-ortho nitro benzene ring substituents is 1. The molecule has 2 aromatic carbocycles. The summed E-state index contributed by atoms with van der Waals surface area (Å²) >= 11 is 0. The molecule has 5 heteroatoms. The SMILES string of the molecule is C[C@H](CNc1ccc([N+](=O)[O-])c2cnccc12)c1ccccc1. The maximum absolute atomic E-state index is 11.1. The monoisotopic (exact) mass is 307 g/mol. The Hall–Kier alpha value is -2.95. The largest absolute Gasteiger partial charge is 0.384 e. The molecule has 0 bridgehead atoms. The molecule has 0 fully saturated rings. The van der Waals surface area contributed by atoms with Crippen molar-refractivity contribution in [1.82, 2.24) is 4.98 Å². The Bertz CT molecular complexity index is 834. The number of nitrogens with one attached hydrogen (secondary N) is 1. The summed E-state index contributed by atoms with van der Waals surface area (Å²) in [5, 5.41) is 15.9. The predicted octanol–water partition coefficient (Wildman–Crippen LogP) is 4.36. The van der Waals surface area contributed by atoms with Crippen molar-refractivity contribution >= 4 is 22.1 Å². The Balaban J connectivity index is 1.87. The Morgan fingerprint density at radius 3 is 2.65 bits per heavy atom. The van der Waals surface area contributed by atoms with E-state index in [1.807, 2.05) is 18.2 Å². The number of anilines is 1. The van der Waals surface area contributed by atoms with Crippen molar-refractivity contribution in [2.45, 2.75) is 12.8 Å². The van der Waals surface area contributed by atoms with E-state index in [1.54, 1.807) is 24.5 Å². The molecule has 5 nitrogen and oxygen atoms in total. The first-order valence-corrected chi connectivity index (χ1v) is 7.47. The molecule has 0 aliphatic rings. The number of fused-ring (bicyclic) bond motifs is 1. The number of nitrogens with zero attached hydrogens (tertiary/aromatic N) is 2. The number of benzene rings is 2. The van der Waals surface area contributed by atoms with Gasteiger partial charge in [0.1, 0.15) is 0 Å². The van der Waals surface area contributed by atoms with E-state index in [2.05, 4.69) is 29.4 Å². The van der Waals surface area contributed by atoms with Crippen LogP contribution in [0.5, 0.6) is 0 Å². The molecule has 0 unspecified atom stereocenters. The van der Waals surface area contributed by atoms with Crippen LogP contribution in [-0.2, 0) is 0 Å². The molecular formula is C18H17N3O2. The summed E-state index contributed by atoms with van der Waals surface area (Å²) < 4.78 is 0. The second kappa shape index (κ2) is 6.44. The lowest BCUT2D eigenvalue weighted by molar-refractivity contribution is -0.383. The summed E-state index contributed by atoms with van der Waals surface area (Å²) in [7, 11) is 0. The third-order valence-corrected chi connectivity index (χ3v) is 3.96. The first-order chi connectivity index (χ1) is 11.2. The molecule has 0 amide bonds. The Morgan fingerprint density at radius 2 is 1.91 bits per heavy atom. The van der Waals surface area contributed by atoms with E-state index >= 15 is 0 Å². The third kappa shape index (κ3) is 3.13. The minimum atomic E-state index is -0.375. The normalized spacial score (nSPS) is 12.0. The fourth-order valence-corrected chi connectivity index (χ4v) is 2.65. The molecule has 23 heavy (non-hydrogen) atoms. The molecule has 0 spiro atoms. The van der Waals surface area contributed by atoms with E-state index in [4.69, 9.17) is 0 Å². The average Bonchev–Trinajstić information content (AvgIpc) is 2.59. The maximum atomic E-state index is 11.1. The zero-order chi connectivity index (χ0) is 16.2. The number of rotatable bonds is 5. The molecule has 1 heterocycles. The molecule has 0 saturated heterocycles. The summed E-state index contributed by atoms with van der Waals surface area (Å²) in [6.07, 6.45) is 3.19. The van der Waals surface area contributed by atoms with Crippen LogP contribution in [0.4, 0.5) is 11.4 Å². The lowest BCUT2D eigenvalue weighted by Crippen LogP contribution is -2.10. The number of aromatic nitrogens is 1. The standard InChI is InChI=1S/C18H17N3O2/c1-13(14-5-3-2-4-6-14)11-20-17-7-8-18(21(22)23)16-12-19-10-9-15(16)17/h2-10,12-13,20H,11H2,1H3/t13-/m1/s1. The van der Waals surface area contributed by atoms with Gasteiger partial charge in [0.25, 0.3) is 5.69 Å². The molecule has 116 valence electrons. The van der Waals surface area contributed by atoms with Crippen LogP contribution < -0.4 is 5.32 Å². The number of hydrogen-bond donors (Lipinski definition) is 1. The van der Waals surface area contributed by atoms with Crippen molar-refractivity contribution in [2.75, 3.05) is 11.9 Å². The fourth-order valence-electron chi connectivity index (χ4n) is 2.65. The van der Waals surface area contributed by atoms with E-state index in [1.165, 1.54) is 11.6 Å². The summed E-state index contributed by atoms with van der Waals surface area (Å²) in [4.78, 5) is 14.8. The highest BCUT2D eigenvalue weighted by atomic mass is 16.6. The molecule has 1 N–H and O–H groups in total. The lowest BCUT2D eigenvalue weighted by Gasteiger charge is -2.15. The molecule has 0 aliphatic heterocycles. The number of hydrogen-bond acceptors (Lipinski definition) is 4. The van der Waals surface area contributed by atoms with Gasteiger partial charge >= 0.3 is 0 Å². The highest BCUT2D eigenvalue weighted by Gasteiger charge is 2.14. The summed E-state index contributed by atoms with van der Waals surface area (Å²) in [5.41, 5.74) is 2.22. The van der Waals surface area contributed by atoms with Crippen molar-refractivity contribution < 1.29 is 4.92 Å². The van der Waals surface area contributed by atoms with Crippen LogP contribution in [0.3, 0.4) is 0 Å². The van der Waals surface area contributed by atoms with Crippen LogP contribution in [0.1, 0.15) is 18.4 Å². The first-order valence-electron chi connectivity index (χ1n) is 7.47. The van der Waals surface area contributed by atoms with Gasteiger partial charge in [0.15, 0.2) is 0 Å². The van der Waals surface area contributed by atoms with Crippen LogP contribution in [0.25, 0.3) is 10.8 Å². The Morgan fingerprint density at radius 1 is 1.13 bits per heavy atom. The van der Waals surface area contributed by atoms with Gasteiger partial charge in [0, 0.05) is 36.1 Å². The minimum absolute atomic E-state index is 0.0785. The molecular weight excluding hydrogens is 290 g/mol. The highest BCUT2D eigenvalue weighted by molar-refractivity contribution is 5.99. The van der Waals surface area contributed by atoms with Crippen molar-refractivity contribution in [3.63, 3.8) is 0 Å². The zero-order valence-electron chi connectivity index (χ0n) is 12.8. The summed E-state index contributed by atoms with van der Waals surface area (Å²) in [6.45, 7) is 2.90. The van der Waals surface area contributed by atoms with Crippen LogP contribution in [-0.4, -0.2) is 16.5 Å². The van der Waals surface area contributed by atoms with Crippen molar-refractivity contribution in [2.24, 2.45) is 0 Å². The molecule has 0 radical (unpaired) electrons. The minimum Gasteiger partial charge on any atom is -0.384 e. The smallest absolute Gasteiger partial charge is 0.278 e. The second-order valence-corrected chi connectivity index (χ2v) is 5.50. The summed E-state index contributed by atoms with van der Waals surface area (Å²) in [5.74, 6) is 0.336. The average molecular weight is 307 g/mol. The van der Waals surface area contributed by atoms with Gasteiger partial charge in [0.05, 0.1) is 10.3 Å². The molecule has 1 aromatic heterocycles. The van der Waals surface area contributed by atoms with Crippen LogP contribution in [0, 0.1) is 10.1 Å². The second-order valence-electron chi connectivity index (χ2n) is 5.50. The van der Waals surface area contributed by atoms with Gasteiger partial charge in [-0.25, -0.2) is 0 Å². The van der Waals surface area contributed by atoms with Crippen LogP contribution in [0.15, 0.2) is 60.9 Å². The van der Waals surface area contributed by atoms with Gasteiger partial charge in [0.2, 0.25) is 0 Å². The number of nitro benzene ring substituents is 1. The molecule has 3 rings (SSSR count). The predicted molar refractivity (Wildman–Crippen MR) is 91.7 cm³/mol. The van der Waals surface area contributed by atoms with E-state index in [-0.39, 0.29) is 10.6 Å². The lowest BCUT2D eigenvalue weighted by atomic mass is 10.0. The molecule has 3 aromatic rings. The first kappa shape index (κ1) is 15.0. The topological polar surface area (TPSA) is 68.1 Å². The van der Waals surface area contributed by atoms with E-state index in [0.29, 0.717) is 11.3 Å². The Labute approximate surface area is 134 Å². The van der Waals surface area contributed by atoms with E-state index < -0.39 is 0 Å². The molecule has 0 aliphatic carbocycles. The fraction of sp³-hybridized carbons (Fsp3) is 0.167. The third-order valence-electron chi connectivity index (χ3n) is 3.96. The van der Waals surface area contributed by atoms with Crippen molar-refractivity contribution in [3.05, 3.63) is 76.6 Å². The zero-order valence-corrected chi connectivity index (χ0v) is 12.8. The van der Waals surface area contributed by atoms with Gasteiger partial charge in [-0.2, -0.15) is 0 Å². The van der Waals surface area contributed by atoms with E-state index in [0.717, 1.165) is 17.6 Å². The maximum Gasteiger partial charge on any atom is 0.278 e. The molecule has 0 saturated carbocycles.